The van der Waals surface area contributed by atoms with Gasteiger partial charge in [0.25, 0.3) is 0 Å². The zero-order valence-corrected chi connectivity index (χ0v) is 9.98. The van der Waals surface area contributed by atoms with Crippen LogP contribution in [0.5, 0.6) is 0 Å². The van der Waals surface area contributed by atoms with Crippen molar-refractivity contribution >= 4 is 6.03 Å². The minimum atomic E-state index is 0.134. The number of fused-ring (bicyclic) bond motifs is 1. The molecule has 1 saturated carbocycles. The molecule has 2 saturated heterocycles. The second-order valence-electron chi connectivity index (χ2n) is 5.45. The van der Waals surface area contributed by atoms with Crippen molar-refractivity contribution in [2.24, 2.45) is 11.8 Å². The van der Waals surface area contributed by atoms with Gasteiger partial charge in [0.15, 0.2) is 0 Å². The van der Waals surface area contributed by atoms with E-state index in [-0.39, 0.29) is 6.03 Å². The van der Waals surface area contributed by atoms with Crippen molar-refractivity contribution in [2.75, 3.05) is 32.7 Å². The van der Waals surface area contributed by atoms with Crippen LogP contribution in [0, 0.1) is 11.8 Å². The van der Waals surface area contributed by atoms with E-state index in [0.717, 1.165) is 37.5 Å². The van der Waals surface area contributed by atoms with Crippen LogP contribution in [-0.2, 0) is 0 Å². The number of rotatable bonds is 2. The molecule has 1 N–H and O–H groups in total. The van der Waals surface area contributed by atoms with Crippen molar-refractivity contribution in [3.8, 4) is 0 Å². The Balaban J connectivity index is 1.54. The van der Waals surface area contributed by atoms with Gasteiger partial charge in [-0.3, -0.25) is 4.90 Å². The Morgan fingerprint density at radius 1 is 1.19 bits per heavy atom. The lowest BCUT2D eigenvalue weighted by molar-refractivity contribution is 0.199. The maximum Gasteiger partial charge on any atom is 0.317 e. The third kappa shape index (κ3) is 1.79. The van der Waals surface area contributed by atoms with E-state index in [1.54, 1.807) is 0 Å². The highest BCUT2D eigenvalue weighted by Gasteiger charge is 2.45. The molecule has 2 amide bonds. The zero-order valence-electron chi connectivity index (χ0n) is 9.98. The van der Waals surface area contributed by atoms with Gasteiger partial charge in [-0.1, -0.05) is 0 Å². The average molecular weight is 223 g/mol. The standard InChI is InChI=1S/C12H21N3O/c1-2-13-12(16)15-7-9-5-14(11-3-4-11)6-10(9)8-15/h9-11H,2-8H2,1H3,(H,13,16). The number of carbonyl (C=O) groups excluding carboxylic acids is 1. The molecule has 0 radical (unpaired) electrons. The summed E-state index contributed by atoms with van der Waals surface area (Å²) in [5.74, 6) is 1.48. The van der Waals surface area contributed by atoms with Gasteiger partial charge in [0, 0.05) is 38.8 Å². The molecule has 90 valence electrons. The Kier molecular flexibility index (Phi) is 2.54. The number of carbonyl (C=O) groups is 1. The molecule has 3 fully saturated rings. The molecule has 3 rings (SSSR count). The first kappa shape index (κ1) is 10.4. The summed E-state index contributed by atoms with van der Waals surface area (Å²) in [5, 5.41) is 2.90. The molecule has 2 aliphatic heterocycles. The van der Waals surface area contributed by atoms with Crippen LogP contribution in [0.1, 0.15) is 19.8 Å². The van der Waals surface area contributed by atoms with Gasteiger partial charge in [-0.25, -0.2) is 4.79 Å². The number of hydrogen-bond acceptors (Lipinski definition) is 2. The zero-order chi connectivity index (χ0) is 11.1. The van der Waals surface area contributed by atoms with Gasteiger partial charge in [-0.05, 0) is 31.6 Å². The van der Waals surface area contributed by atoms with Crippen LogP contribution in [0.2, 0.25) is 0 Å². The third-order valence-electron chi connectivity index (χ3n) is 4.19. The van der Waals surface area contributed by atoms with E-state index in [1.807, 2.05) is 11.8 Å². The molecular formula is C12H21N3O. The smallest absolute Gasteiger partial charge is 0.317 e. The van der Waals surface area contributed by atoms with E-state index < -0.39 is 0 Å². The molecule has 0 aromatic heterocycles. The molecule has 4 heteroatoms. The monoisotopic (exact) mass is 223 g/mol. The molecule has 2 heterocycles. The van der Waals surface area contributed by atoms with Crippen molar-refractivity contribution < 1.29 is 4.79 Å². The van der Waals surface area contributed by atoms with E-state index in [4.69, 9.17) is 0 Å². The number of nitrogens with one attached hydrogen (secondary N) is 1. The second-order valence-corrected chi connectivity index (χ2v) is 5.45. The predicted molar refractivity (Wildman–Crippen MR) is 62.2 cm³/mol. The molecule has 0 spiro atoms. The summed E-state index contributed by atoms with van der Waals surface area (Å²) < 4.78 is 0. The summed E-state index contributed by atoms with van der Waals surface area (Å²) in [4.78, 5) is 16.4. The highest BCUT2D eigenvalue weighted by molar-refractivity contribution is 5.74. The first-order valence-corrected chi connectivity index (χ1v) is 6.54. The fourth-order valence-electron chi connectivity index (χ4n) is 3.20. The van der Waals surface area contributed by atoms with E-state index in [1.165, 1.54) is 25.9 Å². The highest BCUT2D eigenvalue weighted by atomic mass is 16.2. The largest absolute Gasteiger partial charge is 0.338 e. The van der Waals surface area contributed by atoms with E-state index >= 15 is 0 Å². The molecule has 0 aromatic rings. The molecule has 3 aliphatic rings. The fraction of sp³-hybridized carbons (Fsp3) is 0.917. The first-order valence-electron chi connectivity index (χ1n) is 6.54. The number of likely N-dealkylation sites (tertiary alicyclic amines) is 2. The third-order valence-corrected chi connectivity index (χ3v) is 4.19. The van der Waals surface area contributed by atoms with Crippen molar-refractivity contribution in [3.63, 3.8) is 0 Å². The predicted octanol–water partition coefficient (Wildman–Crippen LogP) is 0.742. The van der Waals surface area contributed by atoms with Gasteiger partial charge in [0.05, 0.1) is 0 Å². The number of hydrogen-bond donors (Lipinski definition) is 1. The number of amides is 2. The number of nitrogens with zero attached hydrogens (tertiary/aromatic N) is 2. The maximum atomic E-state index is 11.7. The molecular weight excluding hydrogens is 202 g/mol. The Morgan fingerprint density at radius 3 is 2.31 bits per heavy atom. The Morgan fingerprint density at radius 2 is 1.81 bits per heavy atom. The summed E-state index contributed by atoms with van der Waals surface area (Å²) in [5.41, 5.74) is 0. The second kappa shape index (κ2) is 3.91. The lowest BCUT2D eigenvalue weighted by atomic mass is 10.0. The number of urea groups is 1. The summed E-state index contributed by atoms with van der Waals surface area (Å²) >= 11 is 0. The van der Waals surface area contributed by atoms with Gasteiger partial charge in [-0.2, -0.15) is 0 Å². The maximum absolute atomic E-state index is 11.7. The minimum absolute atomic E-state index is 0.134. The minimum Gasteiger partial charge on any atom is -0.338 e. The average Bonchev–Trinajstić information content (AvgIpc) is 2.90. The Labute approximate surface area is 97.0 Å². The fourth-order valence-corrected chi connectivity index (χ4v) is 3.20. The molecule has 2 atom stereocenters. The lowest BCUT2D eigenvalue weighted by Crippen LogP contribution is -2.40. The quantitative estimate of drug-likeness (QED) is 0.749. The van der Waals surface area contributed by atoms with E-state index in [2.05, 4.69) is 10.2 Å². The summed E-state index contributed by atoms with van der Waals surface area (Å²) in [6, 6.07) is 1.03. The van der Waals surface area contributed by atoms with Crippen LogP contribution in [0.4, 0.5) is 4.79 Å². The highest BCUT2D eigenvalue weighted by Crippen LogP contribution is 2.37. The van der Waals surface area contributed by atoms with Gasteiger partial charge in [0.2, 0.25) is 0 Å². The van der Waals surface area contributed by atoms with Gasteiger partial charge >= 0.3 is 6.03 Å². The SMILES string of the molecule is CCNC(=O)N1CC2CN(C3CC3)CC2C1. The molecule has 0 aromatic carbocycles. The molecule has 16 heavy (non-hydrogen) atoms. The van der Waals surface area contributed by atoms with E-state index in [9.17, 15) is 4.79 Å². The van der Waals surface area contributed by atoms with Gasteiger partial charge < -0.3 is 10.2 Å². The van der Waals surface area contributed by atoms with Gasteiger partial charge in [0.1, 0.15) is 0 Å². The van der Waals surface area contributed by atoms with Crippen molar-refractivity contribution in [2.45, 2.75) is 25.8 Å². The lowest BCUT2D eigenvalue weighted by Gasteiger charge is -2.21. The first-order chi connectivity index (χ1) is 7.78. The molecule has 1 aliphatic carbocycles. The van der Waals surface area contributed by atoms with Crippen molar-refractivity contribution in [3.05, 3.63) is 0 Å². The summed E-state index contributed by atoms with van der Waals surface area (Å²) in [6.45, 7) is 7.11. The molecule has 2 unspecified atom stereocenters. The molecule has 0 bridgehead atoms. The van der Waals surface area contributed by atoms with Crippen molar-refractivity contribution in [1.82, 2.24) is 15.1 Å². The Hall–Kier alpha value is -0.770. The summed E-state index contributed by atoms with van der Waals surface area (Å²) in [6.07, 6.45) is 2.80. The van der Waals surface area contributed by atoms with Crippen LogP contribution < -0.4 is 5.32 Å². The Bertz CT molecular complexity index is 276. The van der Waals surface area contributed by atoms with Gasteiger partial charge in [-0.15, -0.1) is 0 Å². The topological polar surface area (TPSA) is 35.6 Å². The molecule has 4 nitrogen and oxygen atoms in total. The van der Waals surface area contributed by atoms with Crippen LogP contribution in [0.25, 0.3) is 0 Å². The normalized spacial score (nSPS) is 34.2. The van der Waals surface area contributed by atoms with Crippen molar-refractivity contribution in [1.29, 1.82) is 0 Å². The summed E-state index contributed by atoms with van der Waals surface area (Å²) in [7, 11) is 0. The van der Waals surface area contributed by atoms with Crippen LogP contribution in [0.3, 0.4) is 0 Å². The van der Waals surface area contributed by atoms with Crippen LogP contribution in [-0.4, -0.2) is 54.6 Å². The van der Waals surface area contributed by atoms with Crippen LogP contribution in [0.15, 0.2) is 0 Å². The van der Waals surface area contributed by atoms with Crippen LogP contribution >= 0.6 is 0 Å². The van der Waals surface area contributed by atoms with E-state index in [0.29, 0.717) is 0 Å².